The Hall–Kier alpha value is -4.16. The summed E-state index contributed by atoms with van der Waals surface area (Å²) in [6.07, 6.45) is -1.89. The lowest BCUT2D eigenvalue weighted by Crippen LogP contribution is -2.45. The lowest BCUT2D eigenvalue weighted by Gasteiger charge is -2.36. The number of nitrogens with two attached hydrogens (primary N) is 1. The number of likely N-dealkylation sites (tertiary alicyclic amines) is 1. The molecule has 186 valence electrons. The number of imidazole rings is 1. The number of nitrogen functional groups attached to an aromatic ring is 1. The normalized spacial score (nSPS) is 19.3. The third-order valence-electron chi connectivity index (χ3n) is 6.41. The number of fused-ring (bicyclic) bond motifs is 6. The van der Waals surface area contributed by atoms with Crippen molar-refractivity contribution in [3.63, 3.8) is 0 Å². The summed E-state index contributed by atoms with van der Waals surface area (Å²) in [6.45, 7) is 0.168. The van der Waals surface area contributed by atoms with Gasteiger partial charge in [0.2, 0.25) is 0 Å². The zero-order valence-corrected chi connectivity index (χ0v) is 18.2. The highest BCUT2D eigenvalue weighted by Gasteiger charge is 2.46. The minimum atomic E-state index is -5.01. The topological polar surface area (TPSA) is 95.0 Å². The molecule has 2 aromatic carbocycles. The van der Waals surface area contributed by atoms with E-state index in [1.54, 1.807) is 4.40 Å². The van der Waals surface area contributed by atoms with Crippen molar-refractivity contribution in [2.24, 2.45) is 0 Å². The van der Waals surface area contributed by atoms with E-state index in [0.717, 1.165) is 12.1 Å². The highest BCUT2D eigenvalue weighted by atomic mass is 19.4. The van der Waals surface area contributed by atoms with Gasteiger partial charge in [-0.15, -0.1) is 13.2 Å². The van der Waals surface area contributed by atoms with Crippen molar-refractivity contribution in [1.29, 1.82) is 0 Å². The molecule has 1 saturated heterocycles. The first-order chi connectivity index (χ1) is 17.1. The average molecular weight is 505 g/mol. The standard InChI is InChI=1S/C23H16F5N5O3/c24-12-7-14-15(33-9-30-8-16(33)21(29)31-14)6-11(12)22(34)32-3-1-2-17-20(32)19-13(25)4-10(5-18(19)35-17)36-23(26,27)28/h4-9,17,20H,1-3H2,(H2,29,31)/t17?,20-/m1/s1. The largest absolute Gasteiger partial charge is 0.573 e. The highest BCUT2D eigenvalue weighted by molar-refractivity contribution is 5.99. The van der Waals surface area contributed by atoms with Crippen LogP contribution < -0.4 is 15.2 Å². The summed E-state index contributed by atoms with van der Waals surface area (Å²) in [5.41, 5.74) is 6.62. The molecule has 1 fully saturated rings. The Kier molecular flexibility index (Phi) is 4.75. The second kappa shape index (κ2) is 7.67. The van der Waals surface area contributed by atoms with Gasteiger partial charge < -0.3 is 20.1 Å². The molecule has 0 bridgehead atoms. The van der Waals surface area contributed by atoms with Gasteiger partial charge in [0.15, 0.2) is 0 Å². The molecule has 13 heteroatoms. The van der Waals surface area contributed by atoms with Gasteiger partial charge in [0.1, 0.15) is 46.6 Å². The van der Waals surface area contributed by atoms with Crippen molar-refractivity contribution in [1.82, 2.24) is 19.3 Å². The Morgan fingerprint density at radius 3 is 2.72 bits per heavy atom. The lowest BCUT2D eigenvalue weighted by atomic mass is 9.93. The van der Waals surface area contributed by atoms with Gasteiger partial charge in [0.05, 0.1) is 34.7 Å². The van der Waals surface area contributed by atoms with Crippen LogP contribution in [0.5, 0.6) is 11.5 Å². The van der Waals surface area contributed by atoms with Crippen LogP contribution in [0.4, 0.5) is 27.8 Å². The van der Waals surface area contributed by atoms with Crippen molar-refractivity contribution in [3.8, 4) is 11.5 Å². The van der Waals surface area contributed by atoms with E-state index in [-0.39, 0.29) is 34.8 Å². The number of rotatable bonds is 2. The lowest BCUT2D eigenvalue weighted by molar-refractivity contribution is -0.274. The number of amides is 1. The van der Waals surface area contributed by atoms with Crippen molar-refractivity contribution >= 4 is 28.3 Å². The number of aromatic nitrogens is 3. The number of hydrogen-bond donors (Lipinski definition) is 1. The van der Waals surface area contributed by atoms with Gasteiger partial charge in [0, 0.05) is 24.7 Å². The van der Waals surface area contributed by atoms with Crippen molar-refractivity contribution in [2.45, 2.75) is 31.3 Å². The smallest absolute Gasteiger partial charge is 0.487 e. The van der Waals surface area contributed by atoms with E-state index >= 15 is 8.78 Å². The van der Waals surface area contributed by atoms with Crippen LogP contribution in [0.3, 0.4) is 0 Å². The summed E-state index contributed by atoms with van der Waals surface area (Å²) < 4.78 is 79.2. The van der Waals surface area contributed by atoms with Crippen LogP contribution in [0.2, 0.25) is 0 Å². The number of carbonyl (C=O) groups excluding carboxylic acids is 1. The second-order valence-corrected chi connectivity index (χ2v) is 8.57. The fourth-order valence-corrected chi connectivity index (χ4v) is 4.98. The molecule has 0 radical (unpaired) electrons. The molecule has 0 saturated carbocycles. The number of hydrogen-bond acceptors (Lipinski definition) is 6. The van der Waals surface area contributed by atoms with Gasteiger partial charge >= 0.3 is 6.36 Å². The second-order valence-electron chi connectivity index (χ2n) is 8.57. The number of piperidine rings is 1. The van der Waals surface area contributed by atoms with Crippen LogP contribution >= 0.6 is 0 Å². The zero-order chi connectivity index (χ0) is 25.4. The molecule has 0 aliphatic carbocycles. The summed E-state index contributed by atoms with van der Waals surface area (Å²) in [5.74, 6) is -3.37. The monoisotopic (exact) mass is 505 g/mol. The van der Waals surface area contributed by atoms with Crippen LogP contribution in [-0.2, 0) is 0 Å². The number of alkyl halides is 3. The molecule has 2 N–H and O–H groups in total. The molecule has 8 nitrogen and oxygen atoms in total. The van der Waals surface area contributed by atoms with Gasteiger partial charge in [-0.2, -0.15) is 0 Å². The molecule has 2 aliphatic rings. The van der Waals surface area contributed by atoms with Gasteiger partial charge in [-0.1, -0.05) is 0 Å². The maximum atomic E-state index is 15.1. The third kappa shape index (κ3) is 3.45. The Bertz CT molecular complexity index is 1550. The Balaban J connectivity index is 1.42. The predicted molar refractivity (Wildman–Crippen MR) is 115 cm³/mol. The third-order valence-corrected chi connectivity index (χ3v) is 6.41. The number of anilines is 1. The fraction of sp³-hybridized carbons (Fsp3) is 0.261. The first kappa shape index (κ1) is 22.3. The Labute approximate surface area is 199 Å². The van der Waals surface area contributed by atoms with E-state index in [1.807, 2.05) is 0 Å². The van der Waals surface area contributed by atoms with Crippen LogP contribution in [0.1, 0.15) is 34.8 Å². The van der Waals surface area contributed by atoms with Gasteiger partial charge in [-0.05, 0) is 18.9 Å². The Morgan fingerprint density at radius 1 is 1.14 bits per heavy atom. The van der Waals surface area contributed by atoms with Crippen LogP contribution in [0.15, 0.2) is 36.8 Å². The number of benzene rings is 2. The number of carbonyl (C=O) groups is 1. The molecule has 4 heterocycles. The summed E-state index contributed by atoms with van der Waals surface area (Å²) in [7, 11) is 0. The quantitative estimate of drug-likeness (QED) is 0.407. The minimum Gasteiger partial charge on any atom is -0.487 e. The van der Waals surface area contributed by atoms with Crippen LogP contribution in [0.25, 0.3) is 16.6 Å². The van der Waals surface area contributed by atoms with E-state index in [4.69, 9.17) is 10.5 Å². The van der Waals surface area contributed by atoms with Crippen molar-refractivity contribution < 1.29 is 36.2 Å². The first-order valence-corrected chi connectivity index (χ1v) is 10.9. The van der Waals surface area contributed by atoms with Crippen LogP contribution in [0, 0.1) is 11.6 Å². The maximum absolute atomic E-state index is 15.1. The molecule has 2 atom stereocenters. The fourth-order valence-electron chi connectivity index (χ4n) is 4.98. The molecule has 2 aromatic heterocycles. The predicted octanol–water partition coefficient (Wildman–Crippen LogP) is 4.38. The molecule has 1 amide bonds. The first-order valence-electron chi connectivity index (χ1n) is 10.9. The van der Waals surface area contributed by atoms with E-state index in [1.165, 1.54) is 23.5 Å². The molecule has 0 spiro atoms. The summed E-state index contributed by atoms with van der Waals surface area (Å²) >= 11 is 0. The number of halogens is 5. The van der Waals surface area contributed by atoms with Gasteiger partial charge in [-0.25, -0.2) is 18.7 Å². The van der Waals surface area contributed by atoms with Crippen LogP contribution in [-0.4, -0.2) is 44.2 Å². The van der Waals surface area contributed by atoms with E-state index in [2.05, 4.69) is 14.7 Å². The molecule has 4 aromatic rings. The minimum absolute atomic E-state index is 0.0739. The van der Waals surface area contributed by atoms with E-state index in [9.17, 15) is 18.0 Å². The molecule has 36 heavy (non-hydrogen) atoms. The average Bonchev–Trinajstić information content (AvgIpc) is 3.42. The van der Waals surface area contributed by atoms with Crippen molar-refractivity contribution in [3.05, 3.63) is 59.6 Å². The maximum Gasteiger partial charge on any atom is 0.573 e. The highest BCUT2D eigenvalue weighted by Crippen LogP contribution is 2.48. The summed E-state index contributed by atoms with van der Waals surface area (Å²) in [6, 6.07) is 2.99. The number of ether oxygens (including phenoxy) is 2. The molecule has 1 unspecified atom stereocenters. The van der Waals surface area contributed by atoms with Gasteiger partial charge in [0.25, 0.3) is 5.91 Å². The van der Waals surface area contributed by atoms with E-state index in [0.29, 0.717) is 29.9 Å². The molecule has 6 rings (SSSR count). The molecule has 2 aliphatic heterocycles. The zero-order valence-electron chi connectivity index (χ0n) is 18.2. The number of nitrogens with zero attached hydrogens (tertiary/aromatic N) is 4. The molecular formula is C23H16F5N5O3. The van der Waals surface area contributed by atoms with E-state index < -0.39 is 41.8 Å². The SMILES string of the molecule is Nc1nc2cc(F)c(C(=O)N3CCCC4Oc5cc(OC(F)(F)F)cc(F)c5[C@@H]43)cc2n2cncc12. The van der Waals surface area contributed by atoms with Crippen molar-refractivity contribution in [2.75, 3.05) is 12.3 Å². The molecular weight excluding hydrogens is 489 g/mol. The summed E-state index contributed by atoms with van der Waals surface area (Å²) in [4.78, 5) is 23.1. The Morgan fingerprint density at radius 2 is 1.94 bits per heavy atom. The van der Waals surface area contributed by atoms with Gasteiger partial charge in [-0.3, -0.25) is 9.20 Å². The summed E-state index contributed by atoms with van der Waals surface area (Å²) in [5, 5.41) is 0.